The summed E-state index contributed by atoms with van der Waals surface area (Å²) in [6, 6.07) is 0. The first-order valence-corrected chi connectivity index (χ1v) is 5.56. The SMILES string of the molecule is Cc1nc(C)c2c(n1)CC(CC(=O)O)CC2=O. The van der Waals surface area contributed by atoms with Crippen molar-refractivity contribution < 1.29 is 14.7 Å². The third-order valence-electron chi connectivity index (χ3n) is 2.97. The van der Waals surface area contributed by atoms with Gasteiger partial charge in [-0.3, -0.25) is 9.59 Å². The van der Waals surface area contributed by atoms with Gasteiger partial charge in [-0.05, 0) is 26.2 Å². The number of carboxylic acid groups (broad SMARTS) is 1. The first kappa shape index (κ1) is 11.7. The molecule has 1 aliphatic carbocycles. The zero-order chi connectivity index (χ0) is 12.6. The highest BCUT2D eigenvalue weighted by Gasteiger charge is 2.29. The van der Waals surface area contributed by atoms with Crippen LogP contribution < -0.4 is 0 Å². The van der Waals surface area contributed by atoms with Crippen molar-refractivity contribution in [2.45, 2.75) is 33.1 Å². The summed E-state index contributed by atoms with van der Waals surface area (Å²) in [5.41, 5.74) is 2.00. The lowest BCUT2D eigenvalue weighted by molar-refractivity contribution is -0.138. The van der Waals surface area contributed by atoms with E-state index < -0.39 is 5.97 Å². The van der Waals surface area contributed by atoms with Crippen molar-refractivity contribution in [1.82, 2.24) is 9.97 Å². The molecule has 90 valence electrons. The van der Waals surface area contributed by atoms with Crippen molar-refractivity contribution >= 4 is 11.8 Å². The molecular formula is C12H14N2O3. The number of Topliss-reactive ketones (excluding diaryl/α,β-unsaturated/α-hetero) is 1. The molecule has 5 nitrogen and oxygen atoms in total. The fourth-order valence-electron chi connectivity index (χ4n) is 2.40. The second-order valence-corrected chi connectivity index (χ2v) is 4.47. The summed E-state index contributed by atoms with van der Waals surface area (Å²) in [4.78, 5) is 31.0. The van der Waals surface area contributed by atoms with Crippen molar-refractivity contribution in [2.75, 3.05) is 0 Å². The number of aromatic nitrogens is 2. The van der Waals surface area contributed by atoms with Gasteiger partial charge in [0.2, 0.25) is 0 Å². The van der Waals surface area contributed by atoms with E-state index in [1.165, 1.54) is 0 Å². The number of hydrogen-bond acceptors (Lipinski definition) is 4. The topological polar surface area (TPSA) is 80.2 Å². The molecule has 1 heterocycles. The number of rotatable bonds is 2. The van der Waals surface area contributed by atoms with Crippen LogP contribution in [0.1, 0.15) is 40.4 Å². The molecule has 0 fully saturated rings. The van der Waals surface area contributed by atoms with E-state index in [0.717, 1.165) is 0 Å². The molecule has 0 aliphatic heterocycles. The summed E-state index contributed by atoms with van der Waals surface area (Å²) in [6.07, 6.45) is 0.859. The minimum atomic E-state index is -0.867. The summed E-state index contributed by atoms with van der Waals surface area (Å²) in [5, 5.41) is 8.77. The molecular weight excluding hydrogens is 220 g/mol. The summed E-state index contributed by atoms with van der Waals surface area (Å²) in [7, 11) is 0. The summed E-state index contributed by atoms with van der Waals surface area (Å²) in [5.74, 6) is -0.407. The van der Waals surface area contributed by atoms with E-state index in [0.29, 0.717) is 29.2 Å². The Hall–Kier alpha value is -1.78. The predicted octanol–water partition coefficient (Wildman–Crippen LogP) is 1.31. The molecule has 1 aromatic heterocycles. The Morgan fingerprint density at radius 2 is 2.06 bits per heavy atom. The Morgan fingerprint density at radius 1 is 1.35 bits per heavy atom. The second-order valence-electron chi connectivity index (χ2n) is 4.47. The standard InChI is InChI=1S/C12H14N2O3/c1-6-12-9(14-7(2)13-6)3-8(4-10(12)15)5-11(16)17/h8H,3-5H2,1-2H3,(H,16,17). The highest BCUT2D eigenvalue weighted by atomic mass is 16.4. The third-order valence-corrected chi connectivity index (χ3v) is 2.97. The molecule has 1 N–H and O–H groups in total. The Balaban J connectivity index is 2.36. The average Bonchev–Trinajstić information content (AvgIpc) is 2.13. The molecule has 0 spiro atoms. The van der Waals surface area contributed by atoms with Gasteiger partial charge in [0.15, 0.2) is 5.78 Å². The monoisotopic (exact) mass is 234 g/mol. The Bertz CT molecular complexity index is 497. The van der Waals surface area contributed by atoms with E-state index in [2.05, 4.69) is 9.97 Å². The molecule has 5 heteroatoms. The van der Waals surface area contributed by atoms with E-state index in [4.69, 9.17) is 5.11 Å². The first-order valence-electron chi connectivity index (χ1n) is 5.56. The maximum atomic E-state index is 11.9. The number of carbonyl (C=O) groups is 2. The molecule has 0 radical (unpaired) electrons. The molecule has 0 amide bonds. The number of nitrogens with zero attached hydrogens (tertiary/aromatic N) is 2. The van der Waals surface area contributed by atoms with Gasteiger partial charge in [-0.25, -0.2) is 9.97 Å². The molecule has 1 aliphatic rings. The molecule has 1 unspecified atom stereocenters. The van der Waals surface area contributed by atoms with E-state index in [9.17, 15) is 9.59 Å². The van der Waals surface area contributed by atoms with Gasteiger partial charge in [-0.2, -0.15) is 0 Å². The van der Waals surface area contributed by atoms with Crippen LogP contribution in [-0.2, 0) is 11.2 Å². The van der Waals surface area contributed by atoms with Gasteiger partial charge in [0.25, 0.3) is 0 Å². The van der Waals surface area contributed by atoms with Crippen molar-refractivity contribution in [3.63, 3.8) is 0 Å². The minimum Gasteiger partial charge on any atom is -0.481 e. The lowest BCUT2D eigenvalue weighted by atomic mass is 9.83. The summed E-state index contributed by atoms with van der Waals surface area (Å²) in [6.45, 7) is 3.57. The van der Waals surface area contributed by atoms with Crippen molar-refractivity contribution in [3.05, 3.63) is 22.8 Å². The quantitative estimate of drug-likeness (QED) is 0.834. The van der Waals surface area contributed by atoms with Crippen LogP contribution in [0, 0.1) is 19.8 Å². The van der Waals surface area contributed by atoms with Crippen LogP contribution in [0.5, 0.6) is 0 Å². The smallest absolute Gasteiger partial charge is 0.303 e. The van der Waals surface area contributed by atoms with Crippen LogP contribution in [-0.4, -0.2) is 26.8 Å². The maximum absolute atomic E-state index is 11.9. The van der Waals surface area contributed by atoms with Gasteiger partial charge < -0.3 is 5.11 Å². The van der Waals surface area contributed by atoms with Crippen LogP contribution >= 0.6 is 0 Å². The van der Waals surface area contributed by atoms with Crippen molar-refractivity contribution in [3.8, 4) is 0 Å². The Morgan fingerprint density at radius 3 is 2.71 bits per heavy atom. The van der Waals surface area contributed by atoms with Gasteiger partial charge in [0, 0.05) is 12.8 Å². The largest absolute Gasteiger partial charge is 0.481 e. The van der Waals surface area contributed by atoms with Gasteiger partial charge in [-0.15, -0.1) is 0 Å². The van der Waals surface area contributed by atoms with Crippen LogP contribution in [0.2, 0.25) is 0 Å². The van der Waals surface area contributed by atoms with Crippen LogP contribution in [0.15, 0.2) is 0 Å². The lowest BCUT2D eigenvalue weighted by Crippen LogP contribution is -2.25. The van der Waals surface area contributed by atoms with Crippen LogP contribution in [0.4, 0.5) is 0 Å². The van der Waals surface area contributed by atoms with Gasteiger partial charge in [0.05, 0.1) is 17.0 Å². The zero-order valence-corrected chi connectivity index (χ0v) is 9.86. The van der Waals surface area contributed by atoms with E-state index in [1.807, 2.05) is 0 Å². The number of aryl methyl sites for hydroxylation is 2. The normalized spacial score (nSPS) is 18.9. The molecule has 1 atom stereocenters. The van der Waals surface area contributed by atoms with Crippen LogP contribution in [0.3, 0.4) is 0 Å². The molecule has 1 aromatic rings. The van der Waals surface area contributed by atoms with E-state index >= 15 is 0 Å². The molecule has 0 saturated carbocycles. The average molecular weight is 234 g/mol. The van der Waals surface area contributed by atoms with Gasteiger partial charge in [-0.1, -0.05) is 0 Å². The second kappa shape index (κ2) is 4.24. The lowest BCUT2D eigenvalue weighted by Gasteiger charge is -2.22. The Kier molecular flexibility index (Phi) is 2.92. The molecule has 0 aromatic carbocycles. The summed E-state index contributed by atoms with van der Waals surface area (Å²) < 4.78 is 0. The van der Waals surface area contributed by atoms with Gasteiger partial charge in [0.1, 0.15) is 5.82 Å². The molecule has 2 rings (SSSR count). The van der Waals surface area contributed by atoms with Crippen molar-refractivity contribution in [2.24, 2.45) is 5.92 Å². The molecule has 0 bridgehead atoms. The number of aliphatic carboxylic acids is 1. The van der Waals surface area contributed by atoms with Crippen molar-refractivity contribution in [1.29, 1.82) is 0 Å². The molecule has 0 saturated heterocycles. The number of fused-ring (bicyclic) bond motifs is 1. The number of carboxylic acids is 1. The number of carbonyl (C=O) groups excluding carboxylic acids is 1. The highest BCUT2D eigenvalue weighted by molar-refractivity contribution is 5.99. The van der Waals surface area contributed by atoms with E-state index in [1.54, 1.807) is 13.8 Å². The minimum absolute atomic E-state index is 0.0211. The fraction of sp³-hybridized carbons (Fsp3) is 0.500. The summed E-state index contributed by atoms with van der Waals surface area (Å²) >= 11 is 0. The Labute approximate surface area is 98.9 Å². The maximum Gasteiger partial charge on any atom is 0.303 e. The highest BCUT2D eigenvalue weighted by Crippen LogP contribution is 2.27. The van der Waals surface area contributed by atoms with Gasteiger partial charge >= 0.3 is 5.97 Å². The van der Waals surface area contributed by atoms with E-state index in [-0.39, 0.29) is 24.5 Å². The first-order chi connectivity index (χ1) is 7.97. The third kappa shape index (κ3) is 2.33. The number of ketones is 1. The molecule has 17 heavy (non-hydrogen) atoms. The zero-order valence-electron chi connectivity index (χ0n) is 9.86. The van der Waals surface area contributed by atoms with Crippen LogP contribution in [0.25, 0.3) is 0 Å². The fourth-order valence-corrected chi connectivity index (χ4v) is 2.40. The number of hydrogen-bond donors (Lipinski definition) is 1. The predicted molar refractivity (Wildman–Crippen MR) is 59.9 cm³/mol.